The van der Waals surface area contributed by atoms with Gasteiger partial charge in [-0.25, -0.2) is 9.97 Å². The lowest BCUT2D eigenvalue weighted by molar-refractivity contribution is -0.383. The Bertz CT molecular complexity index is 693. The Kier molecular flexibility index (Phi) is 5.26. The molecule has 0 aliphatic heterocycles. The van der Waals surface area contributed by atoms with Crippen molar-refractivity contribution in [2.75, 3.05) is 17.2 Å². The molecule has 0 spiro atoms. The highest BCUT2D eigenvalue weighted by molar-refractivity contribution is 6.31. The molecular formula is C14H14ClN5O2. The van der Waals surface area contributed by atoms with Gasteiger partial charge in [0.05, 0.1) is 4.92 Å². The van der Waals surface area contributed by atoms with Crippen LogP contribution in [0.25, 0.3) is 0 Å². The molecule has 0 saturated heterocycles. The smallest absolute Gasteiger partial charge is 0.353 e. The maximum atomic E-state index is 11.3. The minimum absolute atomic E-state index is 0.131. The summed E-state index contributed by atoms with van der Waals surface area (Å²) in [6, 6.07) is 7.24. The maximum Gasteiger partial charge on any atom is 0.353 e. The first-order chi connectivity index (χ1) is 10.6. The van der Waals surface area contributed by atoms with Crippen LogP contribution < -0.4 is 10.6 Å². The zero-order chi connectivity index (χ0) is 15.9. The van der Waals surface area contributed by atoms with Crippen LogP contribution in [0.2, 0.25) is 5.02 Å². The SMILES string of the molecule is C=CCNc1ncnc(NCc2ccccc2Cl)c1[N+](=O)[O-]. The summed E-state index contributed by atoms with van der Waals surface area (Å²) in [5, 5.41) is 17.6. The Labute approximate surface area is 132 Å². The van der Waals surface area contributed by atoms with Crippen molar-refractivity contribution >= 4 is 28.9 Å². The van der Waals surface area contributed by atoms with Gasteiger partial charge in [-0.15, -0.1) is 6.58 Å². The summed E-state index contributed by atoms with van der Waals surface area (Å²) in [6.07, 6.45) is 2.84. The molecule has 1 heterocycles. The van der Waals surface area contributed by atoms with Gasteiger partial charge in [-0.3, -0.25) is 10.1 Å². The van der Waals surface area contributed by atoms with Crippen molar-refractivity contribution in [1.29, 1.82) is 0 Å². The average molecular weight is 320 g/mol. The molecule has 0 fully saturated rings. The van der Waals surface area contributed by atoms with Gasteiger partial charge in [0.2, 0.25) is 11.6 Å². The first-order valence-corrected chi connectivity index (χ1v) is 6.82. The number of aromatic nitrogens is 2. The molecule has 0 radical (unpaired) electrons. The third-order valence-electron chi connectivity index (χ3n) is 2.82. The number of anilines is 2. The molecule has 0 aliphatic carbocycles. The first kappa shape index (κ1) is 15.7. The standard InChI is InChI=1S/C14H14ClN5O2/c1-2-7-16-13-12(20(21)22)14(19-9-18-13)17-8-10-5-3-4-6-11(10)15/h2-6,9H,1,7-8H2,(H2,16,17,18,19). The summed E-state index contributed by atoms with van der Waals surface area (Å²) < 4.78 is 0. The van der Waals surface area contributed by atoms with Gasteiger partial charge in [-0.2, -0.15) is 0 Å². The average Bonchev–Trinajstić information content (AvgIpc) is 2.51. The van der Waals surface area contributed by atoms with E-state index in [4.69, 9.17) is 11.6 Å². The van der Waals surface area contributed by atoms with Gasteiger partial charge in [0, 0.05) is 18.1 Å². The molecule has 1 aromatic carbocycles. The monoisotopic (exact) mass is 319 g/mol. The number of benzene rings is 1. The lowest BCUT2D eigenvalue weighted by Gasteiger charge is -2.10. The molecule has 0 atom stereocenters. The molecule has 7 nitrogen and oxygen atoms in total. The number of nitrogens with one attached hydrogen (secondary N) is 2. The Hall–Kier alpha value is -2.67. The van der Waals surface area contributed by atoms with Crippen molar-refractivity contribution in [2.45, 2.75) is 6.54 Å². The zero-order valence-corrected chi connectivity index (χ0v) is 12.4. The topological polar surface area (TPSA) is 93.0 Å². The largest absolute Gasteiger partial charge is 0.361 e. The predicted molar refractivity (Wildman–Crippen MR) is 86.2 cm³/mol. The number of nitrogens with zero attached hydrogens (tertiary/aromatic N) is 3. The first-order valence-electron chi connectivity index (χ1n) is 6.45. The van der Waals surface area contributed by atoms with Crippen molar-refractivity contribution < 1.29 is 4.92 Å². The molecule has 22 heavy (non-hydrogen) atoms. The fourth-order valence-electron chi connectivity index (χ4n) is 1.80. The van der Waals surface area contributed by atoms with Gasteiger partial charge in [0.1, 0.15) is 6.33 Å². The number of nitro groups is 1. The van der Waals surface area contributed by atoms with E-state index in [2.05, 4.69) is 27.2 Å². The summed E-state index contributed by atoms with van der Waals surface area (Å²) in [5.74, 6) is 0.271. The predicted octanol–water partition coefficient (Wildman–Crippen LogP) is 3.25. The normalized spacial score (nSPS) is 10.0. The van der Waals surface area contributed by atoms with Gasteiger partial charge in [-0.05, 0) is 11.6 Å². The molecule has 114 valence electrons. The van der Waals surface area contributed by atoms with Crippen LogP contribution in [0.1, 0.15) is 5.56 Å². The number of halogens is 1. The van der Waals surface area contributed by atoms with Crippen LogP contribution in [0, 0.1) is 10.1 Å². The van der Waals surface area contributed by atoms with Gasteiger partial charge in [-0.1, -0.05) is 35.9 Å². The van der Waals surface area contributed by atoms with Crippen molar-refractivity contribution in [2.24, 2.45) is 0 Å². The molecule has 2 N–H and O–H groups in total. The summed E-state index contributed by atoms with van der Waals surface area (Å²) in [7, 11) is 0. The van der Waals surface area contributed by atoms with Crippen molar-refractivity contribution in [3.63, 3.8) is 0 Å². The molecule has 1 aromatic heterocycles. The summed E-state index contributed by atoms with van der Waals surface area (Å²) in [6.45, 7) is 4.23. The molecule has 0 bridgehead atoms. The third kappa shape index (κ3) is 3.70. The van der Waals surface area contributed by atoms with Crippen LogP contribution in [0.5, 0.6) is 0 Å². The van der Waals surface area contributed by atoms with Gasteiger partial charge in [0.15, 0.2) is 0 Å². The highest BCUT2D eigenvalue weighted by atomic mass is 35.5. The highest BCUT2D eigenvalue weighted by Gasteiger charge is 2.22. The Morgan fingerprint density at radius 3 is 2.59 bits per heavy atom. The van der Waals surface area contributed by atoms with Crippen LogP contribution in [0.4, 0.5) is 17.3 Å². The summed E-state index contributed by atoms with van der Waals surface area (Å²) in [4.78, 5) is 18.6. The number of rotatable bonds is 7. The molecular weight excluding hydrogens is 306 g/mol. The van der Waals surface area contributed by atoms with E-state index < -0.39 is 4.92 Å². The van der Waals surface area contributed by atoms with Crippen LogP contribution in [-0.4, -0.2) is 21.4 Å². The minimum atomic E-state index is -0.527. The van der Waals surface area contributed by atoms with Crippen LogP contribution in [0.3, 0.4) is 0 Å². The Balaban J connectivity index is 2.24. The molecule has 0 aliphatic rings. The van der Waals surface area contributed by atoms with E-state index in [9.17, 15) is 10.1 Å². The van der Waals surface area contributed by atoms with E-state index in [1.807, 2.05) is 18.2 Å². The lowest BCUT2D eigenvalue weighted by atomic mass is 10.2. The van der Waals surface area contributed by atoms with Crippen LogP contribution in [-0.2, 0) is 6.54 Å². The van der Waals surface area contributed by atoms with Crippen molar-refractivity contribution in [1.82, 2.24) is 9.97 Å². The third-order valence-corrected chi connectivity index (χ3v) is 3.19. The van der Waals surface area contributed by atoms with Crippen LogP contribution >= 0.6 is 11.6 Å². The van der Waals surface area contributed by atoms with E-state index in [-0.39, 0.29) is 17.3 Å². The molecule has 8 heteroatoms. The fourth-order valence-corrected chi connectivity index (χ4v) is 2.00. The minimum Gasteiger partial charge on any atom is -0.361 e. The Morgan fingerprint density at radius 2 is 1.95 bits per heavy atom. The van der Waals surface area contributed by atoms with E-state index in [1.165, 1.54) is 6.33 Å². The van der Waals surface area contributed by atoms with Crippen LogP contribution in [0.15, 0.2) is 43.2 Å². The second-order valence-corrected chi connectivity index (χ2v) is 4.70. The molecule has 0 unspecified atom stereocenters. The number of hydrogen-bond donors (Lipinski definition) is 2. The quantitative estimate of drug-likeness (QED) is 0.462. The fraction of sp³-hybridized carbons (Fsp3) is 0.143. The van der Waals surface area contributed by atoms with E-state index >= 15 is 0 Å². The van der Waals surface area contributed by atoms with E-state index in [0.29, 0.717) is 18.1 Å². The molecule has 0 amide bonds. The number of hydrogen-bond acceptors (Lipinski definition) is 6. The van der Waals surface area contributed by atoms with Gasteiger partial charge >= 0.3 is 5.69 Å². The second kappa shape index (κ2) is 7.37. The lowest BCUT2D eigenvalue weighted by Crippen LogP contribution is -2.10. The zero-order valence-electron chi connectivity index (χ0n) is 11.6. The molecule has 2 aromatic rings. The van der Waals surface area contributed by atoms with E-state index in [0.717, 1.165) is 5.56 Å². The van der Waals surface area contributed by atoms with Crippen molar-refractivity contribution in [3.05, 3.63) is 63.9 Å². The van der Waals surface area contributed by atoms with Crippen molar-refractivity contribution in [3.8, 4) is 0 Å². The van der Waals surface area contributed by atoms with E-state index in [1.54, 1.807) is 12.1 Å². The molecule has 2 rings (SSSR count). The van der Waals surface area contributed by atoms with Gasteiger partial charge < -0.3 is 10.6 Å². The Morgan fingerprint density at radius 1 is 1.27 bits per heavy atom. The second-order valence-electron chi connectivity index (χ2n) is 4.29. The summed E-state index contributed by atoms with van der Waals surface area (Å²) >= 11 is 6.06. The highest BCUT2D eigenvalue weighted by Crippen LogP contribution is 2.29. The maximum absolute atomic E-state index is 11.3. The molecule has 0 saturated carbocycles. The van der Waals surface area contributed by atoms with Gasteiger partial charge in [0.25, 0.3) is 0 Å². The summed E-state index contributed by atoms with van der Waals surface area (Å²) in [5.41, 5.74) is 0.606.